The van der Waals surface area contributed by atoms with Crippen molar-refractivity contribution in [3.63, 3.8) is 0 Å². The highest BCUT2D eigenvalue weighted by molar-refractivity contribution is 5.94. The molecule has 0 spiro atoms. The molecule has 0 radical (unpaired) electrons. The minimum atomic E-state index is -1.46. The second kappa shape index (κ2) is 6.45. The Bertz CT molecular complexity index is 331. The lowest BCUT2D eigenvalue weighted by atomic mass is 10.0. The maximum absolute atomic E-state index is 11.3. The number of aliphatic carboxylic acids is 1. The van der Waals surface area contributed by atoms with Gasteiger partial charge in [-0.3, -0.25) is 4.79 Å². The molecule has 0 saturated carbocycles. The van der Waals surface area contributed by atoms with Crippen LogP contribution in [0, 0.1) is 0 Å². The van der Waals surface area contributed by atoms with Crippen LogP contribution in [0.1, 0.15) is 6.42 Å². The van der Waals surface area contributed by atoms with E-state index < -0.39 is 36.4 Å². The highest BCUT2D eigenvalue weighted by Gasteiger charge is 2.37. The molecule has 8 heteroatoms. The molecule has 1 aliphatic heterocycles. The Morgan fingerprint density at radius 3 is 2.50 bits per heavy atom. The molecule has 0 aliphatic carbocycles. The summed E-state index contributed by atoms with van der Waals surface area (Å²) in [6, 6.07) is -1.07. The molecule has 1 fully saturated rings. The highest BCUT2D eigenvalue weighted by atomic mass is 16.6. The number of carbonyl (C=O) groups excluding carboxylic acids is 1. The van der Waals surface area contributed by atoms with Crippen molar-refractivity contribution < 1.29 is 34.8 Å². The summed E-state index contributed by atoms with van der Waals surface area (Å²) in [5.74, 6) is -2.06. The summed E-state index contributed by atoms with van der Waals surface area (Å²) in [7, 11) is 0. The fourth-order valence-electron chi connectivity index (χ4n) is 1.59. The zero-order valence-corrected chi connectivity index (χ0v) is 9.39. The summed E-state index contributed by atoms with van der Waals surface area (Å²) < 4.78 is 4.94. The van der Waals surface area contributed by atoms with Crippen LogP contribution in [0.15, 0.2) is 12.2 Å². The number of hydrogen-bond donors (Lipinski definition) is 5. The number of ether oxygens (including phenoxy) is 1. The van der Waals surface area contributed by atoms with E-state index in [0.717, 1.165) is 6.08 Å². The molecule has 0 aromatic carbocycles. The summed E-state index contributed by atoms with van der Waals surface area (Å²) >= 11 is 0. The SMILES string of the molecule is O=C(O)/C=C\C(=O)NC1C(O)CC(CO)OC1O. The van der Waals surface area contributed by atoms with E-state index in [1.165, 1.54) is 0 Å². The summed E-state index contributed by atoms with van der Waals surface area (Å²) in [5, 5.41) is 38.6. The number of amides is 1. The van der Waals surface area contributed by atoms with E-state index in [2.05, 4.69) is 5.32 Å². The van der Waals surface area contributed by atoms with Gasteiger partial charge in [-0.05, 0) is 0 Å². The first-order valence-corrected chi connectivity index (χ1v) is 5.28. The summed E-state index contributed by atoms with van der Waals surface area (Å²) in [5.41, 5.74) is 0. The summed E-state index contributed by atoms with van der Waals surface area (Å²) in [4.78, 5) is 21.5. The highest BCUT2D eigenvalue weighted by Crippen LogP contribution is 2.18. The Kier molecular flexibility index (Phi) is 5.23. The van der Waals surface area contributed by atoms with Crippen LogP contribution in [0.3, 0.4) is 0 Å². The lowest BCUT2D eigenvalue weighted by Crippen LogP contribution is -2.57. The average Bonchev–Trinajstić information content (AvgIpc) is 2.30. The Labute approximate surface area is 102 Å². The zero-order chi connectivity index (χ0) is 13.7. The zero-order valence-electron chi connectivity index (χ0n) is 9.39. The number of carboxylic acid groups (broad SMARTS) is 1. The van der Waals surface area contributed by atoms with Gasteiger partial charge in [-0.25, -0.2) is 4.79 Å². The normalized spacial score (nSPS) is 32.4. The molecule has 0 bridgehead atoms. The Morgan fingerprint density at radius 2 is 2.00 bits per heavy atom. The smallest absolute Gasteiger partial charge is 0.328 e. The lowest BCUT2D eigenvalue weighted by molar-refractivity contribution is -0.214. The van der Waals surface area contributed by atoms with Crippen LogP contribution in [0.25, 0.3) is 0 Å². The molecule has 8 nitrogen and oxygen atoms in total. The molecule has 0 aromatic rings. The van der Waals surface area contributed by atoms with Crippen molar-refractivity contribution in [2.75, 3.05) is 6.61 Å². The van der Waals surface area contributed by atoms with Crippen molar-refractivity contribution in [3.05, 3.63) is 12.2 Å². The molecular formula is C10H15NO7. The van der Waals surface area contributed by atoms with Crippen LogP contribution in [0.4, 0.5) is 0 Å². The van der Waals surface area contributed by atoms with Gasteiger partial charge >= 0.3 is 5.97 Å². The number of carboxylic acids is 1. The third-order valence-corrected chi connectivity index (χ3v) is 2.45. The first-order chi connectivity index (χ1) is 8.43. The van der Waals surface area contributed by atoms with E-state index in [9.17, 15) is 19.8 Å². The largest absolute Gasteiger partial charge is 0.478 e. The van der Waals surface area contributed by atoms with Gasteiger partial charge in [-0.1, -0.05) is 0 Å². The molecule has 1 saturated heterocycles. The third kappa shape index (κ3) is 4.08. The van der Waals surface area contributed by atoms with Crippen molar-refractivity contribution in [3.8, 4) is 0 Å². The molecule has 102 valence electrons. The Hall–Kier alpha value is -1.48. The van der Waals surface area contributed by atoms with E-state index in [1.54, 1.807) is 0 Å². The van der Waals surface area contributed by atoms with Crippen molar-refractivity contribution in [1.82, 2.24) is 5.32 Å². The lowest BCUT2D eigenvalue weighted by Gasteiger charge is -2.36. The third-order valence-electron chi connectivity index (χ3n) is 2.45. The second-order valence-corrected chi connectivity index (χ2v) is 3.84. The molecule has 5 N–H and O–H groups in total. The topological polar surface area (TPSA) is 136 Å². The van der Waals surface area contributed by atoms with Gasteiger partial charge in [-0.15, -0.1) is 0 Å². The molecule has 1 amide bonds. The van der Waals surface area contributed by atoms with Gasteiger partial charge in [0.15, 0.2) is 6.29 Å². The van der Waals surface area contributed by atoms with E-state index in [-0.39, 0.29) is 13.0 Å². The van der Waals surface area contributed by atoms with Crippen LogP contribution in [-0.2, 0) is 14.3 Å². The number of aliphatic hydroxyl groups excluding tert-OH is 3. The monoisotopic (exact) mass is 261 g/mol. The summed E-state index contributed by atoms with van der Waals surface area (Å²) in [6.45, 7) is -0.353. The minimum absolute atomic E-state index is 0.0567. The van der Waals surface area contributed by atoms with E-state index in [4.69, 9.17) is 14.9 Å². The number of carbonyl (C=O) groups is 2. The van der Waals surface area contributed by atoms with Crippen LogP contribution in [0.5, 0.6) is 0 Å². The van der Waals surface area contributed by atoms with Crippen LogP contribution >= 0.6 is 0 Å². The van der Waals surface area contributed by atoms with Gasteiger partial charge in [0.25, 0.3) is 0 Å². The number of aliphatic hydroxyl groups is 3. The van der Waals surface area contributed by atoms with Gasteiger partial charge in [0.2, 0.25) is 5.91 Å². The van der Waals surface area contributed by atoms with Gasteiger partial charge in [-0.2, -0.15) is 0 Å². The molecule has 1 heterocycles. The maximum Gasteiger partial charge on any atom is 0.328 e. The van der Waals surface area contributed by atoms with Crippen LogP contribution in [-0.4, -0.2) is 63.4 Å². The van der Waals surface area contributed by atoms with Crippen LogP contribution < -0.4 is 5.32 Å². The van der Waals surface area contributed by atoms with Gasteiger partial charge in [0.05, 0.1) is 18.8 Å². The molecule has 18 heavy (non-hydrogen) atoms. The van der Waals surface area contributed by atoms with Crippen molar-refractivity contribution in [1.29, 1.82) is 0 Å². The standard InChI is InChI=1S/C10H15NO7/c12-4-5-3-6(13)9(10(17)18-5)11-7(14)1-2-8(15)16/h1-2,5-6,9-10,12-13,17H,3-4H2,(H,11,14)(H,15,16)/b2-1-. The van der Waals surface area contributed by atoms with E-state index in [1.807, 2.05) is 0 Å². The first-order valence-electron chi connectivity index (χ1n) is 5.28. The fourth-order valence-corrected chi connectivity index (χ4v) is 1.59. The number of hydrogen-bond acceptors (Lipinski definition) is 6. The average molecular weight is 261 g/mol. The Morgan fingerprint density at radius 1 is 1.33 bits per heavy atom. The predicted octanol–water partition coefficient (Wildman–Crippen LogP) is -2.43. The maximum atomic E-state index is 11.3. The predicted molar refractivity (Wildman–Crippen MR) is 57.3 cm³/mol. The van der Waals surface area contributed by atoms with Gasteiger partial charge in [0, 0.05) is 18.6 Å². The molecule has 0 aromatic heterocycles. The quantitative estimate of drug-likeness (QED) is 0.355. The van der Waals surface area contributed by atoms with Crippen LogP contribution in [0.2, 0.25) is 0 Å². The van der Waals surface area contributed by atoms with Crippen molar-refractivity contribution in [2.24, 2.45) is 0 Å². The van der Waals surface area contributed by atoms with Gasteiger partial charge < -0.3 is 30.5 Å². The molecule has 4 unspecified atom stereocenters. The number of nitrogens with one attached hydrogen (secondary N) is 1. The first kappa shape index (κ1) is 14.6. The van der Waals surface area contributed by atoms with Gasteiger partial charge in [0.1, 0.15) is 6.04 Å². The van der Waals surface area contributed by atoms with E-state index >= 15 is 0 Å². The van der Waals surface area contributed by atoms with Crippen molar-refractivity contribution >= 4 is 11.9 Å². The molecule has 1 aliphatic rings. The molecular weight excluding hydrogens is 246 g/mol. The molecule has 1 rings (SSSR count). The van der Waals surface area contributed by atoms with E-state index in [0.29, 0.717) is 6.08 Å². The molecule has 4 atom stereocenters. The Balaban J connectivity index is 2.56. The fraction of sp³-hybridized carbons (Fsp3) is 0.600. The summed E-state index contributed by atoms with van der Waals surface area (Å²) in [6.07, 6.45) is -1.80. The van der Waals surface area contributed by atoms with Crippen molar-refractivity contribution in [2.45, 2.75) is 31.0 Å². The second-order valence-electron chi connectivity index (χ2n) is 3.84. The minimum Gasteiger partial charge on any atom is -0.478 e. The number of rotatable bonds is 4.